The van der Waals surface area contributed by atoms with Gasteiger partial charge in [0.05, 0.1) is 11.6 Å². The van der Waals surface area contributed by atoms with Crippen molar-refractivity contribution in [2.45, 2.75) is 0 Å². The maximum atomic E-state index is 8.59. The zero-order valence-electron chi connectivity index (χ0n) is 6.69. The monoisotopic (exact) mass is 185 g/mol. The van der Waals surface area contributed by atoms with E-state index in [0.717, 1.165) is 10.6 Å². The highest BCUT2D eigenvalue weighted by Gasteiger charge is 1.99. The van der Waals surface area contributed by atoms with Crippen molar-refractivity contribution in [1.29, 1.82) is 5.26 Å². The van der Waals surface area contributed by atoms with Crippen LogP contribution >= 0.6 is 11.3 Å². The molecule has 0 bridgehead atoms. The molecule has 0 saturated heterocycles. The number of benzene rings is 1. The molecule has 0 unspecified atom stereocenters. The van der Waals surface area contributed by atoms with Crippen molar-refractivity contribution in [2.75, 3.05) is 0 Å². The van der Waals surface area contributed by atoms with Crippen LogP contribution in [0.4, 0.5) is 0 Å². The van der Waals surface area contributed by atoms with Crippen molar-refractivity contribution in [3.8, 4) is 16.6 Å². The van der Waals surface area contributed by atoms with Crippen LogP contribution in [0.15, 0.2) is 29.6 Å². The summed E-state index contributed by atoms with van der Waals surface area (Å²) in [7, 11) is 0. The Hall–Kier alpha value is -1.66. The van der Waals surface area contributed by atoms with E-state index in [1.54, 1.807) is 12.1 Å². The molecule has 1 aromatic heterocycles. The van der Waals surface area contributed by atoms with Crippen LogP contribution in [0.1, 0.15) is 5.56 Å². The summed E-state index contributed by atoms with van der Waals surface area (Å²) in [5.41, 5.74) is 1.70. The highest BCUT2D eigenvalue weighted by molar-refractivity contribution is 7.13. The third-order valence-corrected chi connectivity index (χ3v) is 2.42. The molecule has 1 aromatic carbocycles. The maximum Gasteiger partial charge on any atom is 0.124 e. The second-order valence-corrected chi connectivity index (χ2v) is 3.33. The number of aromatic nitrogens is 1. The lowest BCUT2D eigenvalue weighted by Crippen LogP contribution is -1.76. The first kappa shape index (κ1) is 7.96. The number of hydrogen-bond donors (Lipinski definition) is 0. The van der Waals surface area contributed by atoms with Gasteiger partial charge in [-0.1, -0.05) is 12.1 Å². The summed E-state index contributed by atoms with van der Waals surface area (Å²) in [4.78, 5) is 4.05. The van der Waals surface area contributed by atoms with Crippen molar-refractivity contribution in [3.63, 3.8) is 0 Å². The Morgan fingerprint density at radius 2 is 2.08 bits per heavy atom. The Bertz CT molecular complexity index is 423. The fourth-order valence-electron chi connectivity index (χ4n) is 1.01. The van der Waals surface area contributed by atoms with Crippen LogP contribution in [0.2, 0.25) is 0 Å². The molecule has 0 aliphatic heterocycles. The summed E-state index contributed by atoms with van der Waals surface area (Å²) in [6.45, 7) is 0. The van der Waals surface area contributed by atoms with Gasteiger partial charge in [-0.05, 0) is 12.1 Å². The van der Waals surface area contributed by atoms with Crippen molar-refractivity contribution < 1.29 is 0 Å². The molecule has 0 saturated carbocycles. The van der Waals surface area contributed by atoms with Crippen LogP contribution in [0.25, 0.3) is 10.6 Å². The van der Waals surface area contributed by atoms with Gasteiger partial charge in [-0.3, -0.25) is 0 Å². The fraction of sp³-hybridized carbons (Fsp3) is 0. The van der Waals surface area contributed by atoms with Crippen molar-refractivity contribution in [2.24, 2.45) is 0 Å². The molecule has 0 atom stereocenters. The molecular weight excluding hydrogens is 180 g/mol. The van der Waals surface area contributed by atoms with Gasteiger partial charge in [-0.25, -0.2) is 4.98 Å². The summed E-state index contributed by atoms with van der Waals surface area (Å²) in [6, 6.07) is 9.44. The van der Waals surface area contributed by atoms with Gasteiger partial charge in [-0.2, -0.15) is 5.26 Å². The van der Waals surface area contributed by atoms with E-state index >= 15 is 0 Å². The predicted octanol–water partition coefficient (Wildman–Crippen LogP) is 2.48. The zero-order chi connectivity index (χ0) is 9.10. The molecule has 0 N–H and O–H groups in total. The minimum absolute atomic E-state index is 0.671. The summed E-state index contributed by atoms with van der Waals surface area (Å²) < 4.78 is 0. The summed E-state index contributed by atoms with van der Waals surface area (Å²) in [6.07, 6.45) is 2.76. The lowest BCUT2D eigenvalue weighted by atomic mass is 10.1. The van der Waals surface area contributed by atoms with Gasteiger partial charge in [-0.15, -0.1) is 11.3 Å². The highest BCUT2D eigenvalue weighted by Crippen LogP contribution is 2.21. The Labute approximate surface area is 80.1 Å². The summed E-state index contributed by atoms with van der Waals surface area (Å²) >= 11 is 1.54. The number of hydrogen-bond acceptors (Lipinski definition) is 3. The van der Waals surface area contributed by atoms with Crippen molar-refractivity contribution in [3.05, 3.63) is 41.4 Å². The van der Waals surface area contributed by atoms with E-state index < -0.39 is 0 Å². The van der Waals surface area contributed by atoms with Crippen LogP contribution in [0, 0.1) is 17.5 Å². The van der Waals surface area contributed by atoms with Crippen LogP contribution in [-0.4, -0.2) is 4.98 Å². The van der Waals surface area contributed by atoms with Gasteiger partial charge in [0.15, 0.2) is 0 Å². The summed E-state index contributed by atoms with van der Waals surface area (Å²) in [5, 5.41) is 11.3. The molecule has 1 radical (unpaired) electrons. The average Bonchev–Trinajstić information content (AvgIpc) is 2.71. The molecule has 2 nitrogen and oxygen atoms in total. The van der Waals surface area contributed by atoms with Gasteiger partial charge < -0.3 is 0 Å². The highest BCUT2D eigenvalue weighted by atomic mass is 32.1. The SMILES string of the molecule is N#Cc1ccc(-c2n[c]cs2)cc1. The first-order chi connectivity index (χ1) is 6.40. The third-order valence-electron chi connectivity index (χ3n) is 1.65. The Morgan fingerprint density at radius 3 is 2.62 bits per heavy atom. The normalized spacial score (nSPS) is 9.46. The number of rotatable bonds is 1. The lowest BCUT2D eigenvalue weighted by Gasteiger charge is -1.94. The molecule has 61 valence electrons. The van der Waals surface area contributed by atoms with Gasteiger partial charge in [0, 0.05) is 10.9 Å². The standard InChI is InChI=1S/C10H5N2S/c11-7-8-1-3-9(4-2-8)10-12-5-6-13-10/h1-4,6H. The molecule has 0 fully saturated rings. The van der Waals surface area contributed by atoms with Crippen LogP contribution in [0.3, 0.4) is 0 Å². The molecule has 0 amide bonds. The second-order valence-electron chi connectivity index (χ2n) is 2.47. The third kappa shape index (κ3) is 1.58. The van der Waals surface area contributed by atoms with Gasteiger partial charge in [0.1, 0.15) is 11.2 Å². The van der Waals surface area contributed by atoms with E-state index in [-0.39, 0.29) is 0 Å². The van der Waals surface area contributed by atoms with Gasteiger partial charge in [0.2, 0.25) is 0 Å². The van der Waals surface area contributed by atoms with E-state index in [9.17, 15) is 0 Å². The van der Waals surface area contributed by atoms with Crippen LogP contribution < -0.4 is 0 Å². The predicted molar refractivity (Wildman–Crippen MR) is 51.1 cm³/mol. The largest absolute Gasteiger partial charge is 0.234 e. The Morgan fingerprint density at radius 1 is 1.31 bits per heavy atom. The Balaban J connectivity index is 2.40. The van der Waals surface area contributed by atoms with Crippen LogP contribution in [-0.2, 0) is 0 Å². The molecule has 1 heterocycles. The fourth-order valence-corrected chi connectivity index (χ4v) is 1.61. The average molecular weight is 185 g/mol. The number of nitriles is 1. The molecule has 2 aromatic rings. The molecule has 0 spiro atoms. The quantitative estimate of drug-likeness (QED) is 0.684. The maximum absolute atomic E-state index is 8.59. The lowest BCUT2D eigenvalue weighted by molar-refractivity contribution is 1.39. The number of nitrogens with zero attached hydrogens (tertiary/aromatic N) is 2. The van der Waals surface area contributed by atoms with E-state index in [4.69, 9.17) is 5.26 Å². The molecule has 2 rings (SSSR count). The Kier molecular flexibility index (Phi) is 2.07. The van der Waals surface area contributed by atoms with Gasteiger partial charge in [0.25, 0.3) is 0 Å². The first-order valence-electron chi connectivity index (χ1n) is 3.72. The molecule has 0 aliphatic carbocycles. The van der Waals surface area contributed by atoms with Gasteiger partial charge >= 0.3 is 0 Å². The van der Waals surface area contributed by atoms with E-state index in [1.165, 1.54) is 11.3 Å². The van der Waals surface area contributed by atoms with E-state index in [1.807, 2.05) is 17.5 Å². The van der Waals surface area contributed by atoms with Crippen LogP contribution in [0.5, 0.6) is 0 Å². The molecule has 13 heavy (non-hydrogen) atoms. The zero-order valence-corrected chi connectivity index (χ0v) is 7.51. The number of thiazole rings is 1. The molecule has 3 heteroatoms. The van der Waals surface area contributed by atoms with E-state index in [0.29, 0.717) is 5.56 Å². The summed E-state index contributed by atoms with van der Waals surface area (Å²) in [5.74, 6) is 0. The second kappa shape index (κ2) is 3.38. The van der Waals surface area contributed by atoms with Crippen molar-refractivity contribution in [1.82, 2.24) is 4.98 Å². The minimum Gasteiger partial charge on any atom is -0.234 e. The minimum atomic E-state index is 0.671. The van der Waals surface area contributed by atoms with E-state index in [2.05, 4.69) is 17.3 Å². The first-order valence-corrected chi connectivity index (χ1v) is 4.60. The van der Waals surface area contributed by atoms with Crippen molar-refractivity contribution >= 4 is 11.3 Å². The smallest absolute Gasteiger partial charge is 0.124 e. The topological polar surface area (TPSA) is 36.7 Å². The molecule has 0 aliphatic rings. The molecular formula is C10H5N2S.